The SMILES string of the molecule is CNS(=O)(=O)c1ccc(CCN2CCC3(CC2)CN(c2ccccc2)C(=O)C(C)O3)cc1. The maximum atomic E-state index is 12.7. The molecule has 2 aromatic rings. The summed E-state index contributed by atoms with van der Waals surface area (Å²) in [6.45, 7) is 5.18. The molecule has 8 heteroatoms. The summed E-state index contributed by atoms with van der Waals surface area (Å²) in [6, 6.07) is 16.9. The van der Waals surface area contributed by atoms with Crippen LogP contribution in [0, 0.1) is 0 Å². The monoisotopic (exact) mass is 457 g/mol. The Balaban J connectivity index is 1.34. The molecule has 1 spiro atoms. The van der Waals surface area contributed by atoms with Crippen molar-refractivity contribution >= 4 is 21.6 Å². The second-order valence-corrected chi connectivity index (χ2v) is 10.5. The third kappa shape index (κ3) is 4.88. The van der Waals surface area contributed by atoms with Gasteiger partial charge in [0.15, 0.2) is 0 Å². The van der Waals surface area contributed by atoms with Gasteiger partial charge in [-0.05, 0) is 63.1 Å². The number of likely N-dealkylation sites (tertiary alicyclic amines) is 1. The van der Waals surface area contributed by atoms with Crippen LogP contribution in [0.3, 0.4) is 0 Å². The molecule has 2 heterocycles. The molecule has 2 fully saturated rings. The van der Waals surface area contributed by atoms with Crippen LogP contribution in [0.25, 0.3) is 0 Å². The van der Waals surface area contributed by atoms with E-state index < -0.39 is 16.1 Å². The van der Waals surface area contributed by atoms with Gasteiger partial charge in [0, 0.05) is 25.3 Å². The van der Waals surface area contributed by atoms with Gasteiger partial charge in [0.25, 0.3) is 5.91 Å². The molecular weight excluding hydrogens is 426 g/mol. The molecule has 0 radical (unpaired) electrons. The Morgan fingerprint density at radius 3 is 2.34 bits per heavy atom. The Kier molecular flexibility index (Phi) is 6.67. The largest absolute Gasteiger partial charge is 0.360 e. The lowest BCUT2D eigenvalue weighted by Gasteiger charge is -2.49. The van der Waals surface area contributed by atoms with Crippen LogP contribution in [0.4, 0.5) is 5.69 Å². The average molecular weight is 458 g/mol. The summed E-state index contributed by atoms with van der Waals surface area (Å²) in [7, 11) is -1.99. The van der Waals surface area contributed by atoms with E-state index in [1.165, 1.54) is 7.05 Å². The van der Waals surface area contributed by atoms with Crippen LogP contribution in [-0.4, -0.2) is 64.2 Å². The van der Waals surface area contributed by atoms with Gasteiger partial charge in [0.1, 0.15) is 6.10 Å². The van der Waals surface area contributed by atoms with E-state index in [0.717, 1.165) is 50.1 Å². The minimum Gasteiger partial charge on any atom is -0.360 e. The lowest BCUT2D eigenvalue weighted by Crippen LogP contribution is -2.61. The van der Waals surface area contributed by atoms with Crippen molar-refractivity contribution in [2.75, 3.05) is 38.1 Å². The molecular formula is C24H31N3O4S. The maximum absolute atomic E-state index is 12.7. The number of hydrogen-bond acceptors (Lipinski definition) is 5. The molecule has 2 saturated heterocycles. The van der Waals surface area contributed by atoms with Gasteiger partial charge in [-0.3, -0.25) is 4.79 Å². The number of amides is 1. The van der Waals surface area contributed by atoms with E-state index in [1.54, 1.807) is 12.1 Å². The summed E-state index contributed by atoms with van der Waals surface area (Å²) in [5.74, 6) is 0.0213. The first kappa shape index (κ1) is 22.9. The molecule has 1 N–H and O–H groups in total. The minimum absolute atomic E-state index is 0.0213. The predicted octanol–water partition coefficient (Wildman–Crippen LogP) is 2.42. The van der Waals surface area contributed by atoms with Crippen molar-refractivity contribution in [2.24, 2.45) is 0 Å². The van der Waals surface area contributed by atoms with Crippen molar-refractivity contribution in [3.8, 4) is 0 Å². The van der Waals surface area contributed by atoms with Crippen molar-refractivity contribution in [1.29, 1.82) is 0 Å². The molecule has 4 rings (SSSR count). The van der Waals surface area contributed by atoms with Gasteiger partial charge in [-0.15, -0.1) is 0 Å². The highest BCUT2D eigenvalue weighted by Crippen LogP contribution is 2.35. The molecule has 172 valence electrons. The van der Waals surface area contributed by atoms with E-state index in [-0.39, 0.29) is 16.4 Å². The zero-order valence-electron chi connectivity index (χ0n) is 18.7. The number of para-hydroxylation sites is 1. The van der Waals surface area contributed by atoms with Gasteiger partial charge in [0.2, 0.25) is 10.0 Å². The molecule has 32 heavy (non-hydrogen) atoms. The molecule has 0 bridgehead atoms. The molecule has 0 aliphatic carbocycles. The molecule has 2 aliphatic heterocycles. The standard InChI is InChI=1S/C24H31N3O4S/c1-19-23(28)27(21-6-4-3-5-7-21)18-24(31-19)13-16-26(17-14-24)15-12-20-8-10-22(11-9-20)32(29,30)25-2/h3-11,19,25H,12-18H2,1-2H3. The zero-order valence-corrected chi connectivity index (χ0v) is 19.5. The first-order valence-corrected chi connectivity index (χ1v) is 12.6. The first-order valence-electron chi connectivity index (χ1n) is 11.1. The van der Waals surface area contributed by atoms with Gasteiger partial charge < -0.3 is 14.5 Å². The summed E-state index contributed by atoms with van der Waals surface area (Å²) in [5.41, 5.74) is 1.74. The number of nitrogens with zero attached hydrogens (tertiary/aromatic N) is 2. The second-order valence-electron chi connectivity index (χ2n) is 8.65. The van der Waals surface area contributed by atoms with E-state index in [9.17, 15) is 13.2 Å². The van der Waals surface area contributed by atoms with Crippen molar-refractivity contribution in [3.63, 3.8) is 0 Å². The number of piperidine rings is 1. The van der Waals surface area contributed by atoms with E-state index in [1.807, 2.05) is 54.3 Å². The van der Waals surface area contributed by atoms with Crippen LogP contribution in [0.1, 0.15) is 25.3 Å². The zero-order chi connectivity index (χ0) is 22.8. The number of sulfonamides is 1. The van der Waals surface area contributed by atoms with Gasteiger partial charge in [0.05, 0.1) is 17.0 Å². The molecule has 7 nitrogen and oxygen atoms in total. The smallest absolute Gasteiger partial charge is 0.255 e. The fourth-order valence-electron chi connectivity index (χ4n) is 4.58. The number of anilines is 1. The molecule has 0 aromatic heterocycles. The van der Waals surface area contributed by atoms with Gasteiger partial charge >= 0.3 is 0 Å². The minimum atomic E-state index is -3.40. The van der Waals surface area contributed by atoms with Crippen molar-refractivity contribution in [2.45, 2.75) is 42.8 Å². The summed E-state index contributed by atoms with van der Waals surface area (Å²) >= 11 is 0. The van der Waals surface area contributed by atoms with E-state index in [2.05, 4.69) is 9.62 Å². The van der Waals surface area contributed by atoms with Crippen molar-refractivity contribution in [1.82, 2.24) is 9.62 Å². The van der Waals surface area contributed by atoms with Crippen LogP contribution in [-0.2, 0) is 26.0 Å². The van der Waals surface area contributed by atoms with Crippen LogP contribution in [0.2, 0.25) is 0 Å². The number of morpholine rings is 1. The van der Waals surface area contributed by atoms with E-state index in [4.69, 9.17) is 4.74 Å². The highest BCUT2D eigenvalue weighted by atomic mass is 32.2. The fraction of sp³-hybridized carbons (Fsp3) is 0.458. The third-order valence-corrected chi connectivity index (χ3v) is 7.97. The normalized spacial score (nSPS) is 21.8. The molecule has 1 unspecified atom stereocenters. The Morgan fingerprint density at radius 2 is 1.72 bits per heavy atom. The van der Waals surface area contributed by atoms with E-state index in [0.29, 0.717) is 6.54 Å². The third-order valence-electron chi connectivity index (χ3n) is 6.54. The Labute approximate surface area is 190 Å². The lowest BCUT2D eigenvalue weighted by atomic mass is 9.88. The van der Waals surface area contributed by atoms with Gasteiger partial charge in [-0.25, -0.2) is 13.1 Å². The maximum Gasteiger partial charge on any atom is 0.255 e. The summed E-state index contributed by atoms with van der Waals surface area (Å²) in [6.07, 6.45) is 2.18. The predicted molar refractivity (Wildman–Crippen MR) is 124 cm³/mol. The first-order chi connectivity index (χ1) is 15.3. The van der Waals surface area contributed by atoms with Gasteiger partial charge in [-0.1, -0.05) is 30.3 Å². The number of rotatable bonds is 6. The summed E-state index contributed by atoms with van der Waals surface area (Å²) in [4.78, 5) is 17.3. The topological polar surface area (TPSA) is 79.0 Å². The second kappa shape index (κ2) is 9.31. The highest BCUT2D eigenvalue weighted by Gasteiger charge is 2.45. The number of carbonyl (C=O) groups excluding carboxylic acids is 1. The Morgan fingerprint density at radius 1 is 1.06 bits per heavy atom. The van der Waals surface area contributed by atoms with Crippen LogP contribution in [0.15, 0.2) is 59.5 Å². The summed E-state index contributed by atoms with van der Waals surface area (Å²) < 4.78 is 32.3. The van der Waals surface area contributed by atoms with Crippen LogP contribution >= 0.6 is 0 Å². The number of benzene rings is 2. The number of hydrogen-bond donors (Lipinski definition) is 1. The number of nitrogens with one attached hydrogen (secondary N) is 1. The van der Waals surface area contributed by atoms with Crippen LogP contribution < -0.4 is 9.62 Å². The number of carbonyl (C=O) groups is 1. The van der Waals surface area contributed by atoms with Crippen molar-refractivity contribution in [3.05, 3.63) is 60.2 Å². The molecule has 2 aliphatic rings. The van der Waals surface area contributed by atoms with E-state index >= 15 is 0 Å². The molecule has 2 aromatic carbocycles. The number of ether oxygens (including phenoxy) is 1. The molecule has 0 saturated carbocycles. The van der Waals surface area contributed by atoms with Crippen LogP contribution in [0.5, 0.6) is 0 Å². The Bertz CT molecular complexity index is 1030. The van der Waals surface area contributed by atoms with Gasteiger partial charge in [-0.2, -0.15) is 0 Å². The average Bonchev–Trinajstić information content (AvgIpc) is 2.82. The van der Waals surface area contributed by atoms with Crippen molar-refractivity contribution < 1.29 is 17.9 Å². The molecule has 1 amide bonds. The quantitative estimate of drug-likeness (QED) is 0.721. The Hall–Kier alpha value is -2.26. The molecule has 1 atom stereocenters. The summed E-state index contributed by atoms with van der Waals surface area (Å²) in [5, 5.41) is 0. The fourth-order valence-corrected chi connectivity index (χ4v) is 5.31. The highest BCUT2D eigenvalue weighted by molar-refractivity contribution is 7.89. The lowest BCUT2D eigenvalue weighted by molar-refractivity contribution is -0.161.